The molecule has 2 aliphatic heterocycles. The number of anilines is 1. The SMILES string of the molecule is Cc1cn2nc(-c3cc(F)c4nc(NC5CCN6CCCC6C5)oc4c3)cc(C)c2n1. The molecule has 0 amide bonds. The number of oxazole rings is 1. The topological polar surface area (TPSA) is 71.5 Å². The van der Waals surface area contributed by atoms with Gasteiger partial charge in [-0.1, -0.05) is 0 Å². The fourth-order valence-corrected chi connectivity index (χ4v) is 5.11. The van der Waals surface area contributed by atoms with E-state index in [-0.39, 0.29) is 5.52 Å². The molecular formula is C23H25FN6O. The molecule has 2 unspecified atom stereocenters. The standard InChI is InChI=1S/C23H25FN6O/c1-13-8-19(28-30-12-14(2)25-22(13)30)15-9-18(24)21-20(10-15)31-23(27-21)26-16-5-7-29-6-3-4-17(29)11-16/h8-10,12,16-17H,3-7,11H2,1-2H3,(H,26,27). The lowest BCUT2D eigenvalue weighted by molar-refractivity contribution is 0.187. The van der Waals surface area contributed by atoms with Crippen LogP contribution < -0.4 is 5.32 Å². The predicted octanol–water partition coefficient (Wildman–Crippen LogP) is 4.33. The lowest BCUT2D eigenvalue weighted by Gasteiger charge is -2.34. The molecule has 1 N–H and O–H groups in total. The maximum absolute atomic E-state index is 14.9. The molecule has 2 aliphatic rings. The van der Waals surface area contributed by atoms with E-state index in [4.69, 9.17) is 4.42 Å². The van der Waals surface area contributed by atoms with Crippen LogP contribution in [0.4, 0.5) is 10.4 Å². The van der Waals surface area contributed by atoms with Gasteiger partial charge in [0.25, 0.3) is 6.01 Å². The highest BCUT2D eigenvalue weighted by molar-refractivity contribution is 5.81. The second-order valence-corrected chi connectivity index (χ2v) is 8.88. The van der Waals surface area contributed by atoms with Gasteiger partial charge in [-0.15, -0.1) is 0 Å². The molecule has 6 rings (SSSR count). The summed E-state index contributed by atoms with van der Waals surface area (Å²) in [4.78, 5) is 11.4. The predicted molar refractivity (Wildman–Crippen MR) is 117 cm³/mol. The van der Waals surface area contributed by atoms with Gasteiger partial charge in [-0.05, 0) is 69.8 Å². The van der Waals surface area contributed by atoms with Crippen molar-refractivity contribution in [3.63, 3.8) is 0 Å². The van der Waals surface area contributed by atoms with Crippen LogP contribution in [0, 0.1) is 19.7 Å². The molecule has 31 heavy (non-hydrogen) atoms. The van der Waals surface area contributed by atoms with Crippen LogP contribution in [0.15, 0.2) is 28.8 Å². The Bertz CT molecular complexity index is 1290. The zero-order chi connectivity index (χ0) is 21.1. The smallest absolute Gasteiger partial charge is 0.296 e. The number of rotatable bonds is 3. The van der Waals surface area contributed by atoms with E-state index in [0.29, 0.717) is 34.9 Å². The van der Waals surface area contributed by atoms with Crippen molar-refractivity contribution in [1.82, 2.24) is 24.5 Å². The summed E-state index contributed by atoms with van der Waals surface area (Å²) in [5, 5.41) is 8.02. The molecule has 5 heterocycles. The van der Waals surface area contributed by atoms with Crippen molar-refractivity contribution in [1.29, 1.82) is 0 Å². The molecule has 4 aromatic rings. The minimum absolute atomic E-state index is 0.251. The summed E-state index contributed by atoms with van der Waals surface area (Å²) in [6.07, 6.45) is 6.55. The van der Waals surface area contributed by atoms with Crippen LogP contribution >= 0.6 is 0 Å². The second kappa shape index (κ2) is 7.02. The Balaban J connectivity index is 1.31. The molecule has 2 atom stereocenters. The molecule has 0 aliphatic carbocycles. The first-order chi connectivity index (χ1) is 15.0. The molecule has 0 spiro atoms. The third-order valence-corrected chi connectivity index (χ3v) is 6.62. The molecule has 8 heteroatoms. The minimum atomic E-state index is -0.406. The Hall–Kier alpha value is -3.00. The number of halogens is 1. The molecule has 7 nitrogen and oxygen atoms in total. The average molecular weight is 420 g/mol. The van der Waals surface area contributed by atoms with Crippen molar-refractivity contribution in [3.8, 4) is 11.3 Å². The molecular weight excluding hydrogens is 395 g/mol. The molecule has 2 saturated heterocycles. The largest absolute Gasteiger partial charge is 0.423 e. The summed E-state index contributed by atoms with van der Waals surface area (Å²) >= 11 is 0. The maximum atomic E-state index is 14.9. The molecule has 0 bridgehead atoms. The van der Waals surface area contributed by atoms with Gasteiger partial charge < -0.3 is 14.6 Å². The fourth-order valence-electron chi connectivity index (χ4n) is 5.11. The van der Waals surface area contributed by atoms with Gasteiger partial charge in [0.1, 0.15) is 5.52 Å². The van der Waals surface area contributed by atoms with E-state index in [1.54, 1.807) is 4.52 Å². The highest BCUT2D eigenvalue weighted by atomic mass is 19.1. The minimum Gasteiger partial charge on any atom is -0.423 e. The van der Waals surface area contributed by atoms with Gasteiger partial charge in [-0.2, -0.15) is 10.1 Å². The molecule has 3 aromatic heterocycles. The number of piperidine rings is 1. The summed E-state index contributed by atoms with van der Waals surface area (Å²) in [6, 6.07) is 6.57. The van der Waals surface area contributed by atoms with Gasteiger partial charge in [0.05, 0.1) is 17.6 Å². The highest BCUT2D eigenvalue weighted by Crippen LogP contribution is 2.31. The zero-order valence-electron chi connectivity index (χ0n) is 17.7. The molecule has 0 radical (unpaired) electrons. The molecule has 2 fully saturated rings. The Morgan fingerprint density at radius 3 is 2.94 bits per heavy atom. The number of hydrogen-bond donors (Lipinski definition) is 1. The number of aryl methyl sites for hydroxylation is 2. The van der Waals surface area contributed by atoms with E-state index in [0.717, 1.165) is 36.3 Å². The summed E-state index contributed by atoms with van der Waals surface area (Å²) in [5.74, 6) is -0.406. The summed E-state index contributed by atoms with van der Waals surface area (Å²) in [5.41, 5.74) is 4.69. The van der Waals surface area contributed by atoms with E-state index >= 15 is 0 Å². The van der Waals surface area contributed by atoms with Crippen LogP contribution in [0.3, 0.4) is 0 Å². The van der Waals surface area contributed by atoms with E-state index in [2.05, 4.69) is 25.3 Å². The maximum Gasteiger partial charge on any atom is 0.296 e. The van der Waals surface area contributed by atoms with Crippen molar-refractivity contribution in [2.45, 2.75) is 51.6 Å². The van der Waals surface area contributed by atoms with Gasteiger partial charge in [0.15, 0.2) is 17.0 Å². The van der Waals surface area contributed by atoms with Crippen molar-refractivity contribution in [3.05, 3.63) is 41.5 Å². The third kappa shape index (κ3) is 3.26. The van der Waals surface area contributed by atoms with Crippen molar-refractivity contribution in [2.24, 2.45) is 0 Å². The van der Waals surface area contributed by atoms with Gasteiger partial charge >= 0.3 is 0 Å². The van der Waals surface area contributed by atoms with E-state index in [1.165, 1.54) is 25.5 Å². The van der Waals surface area contributed by atoms with Crippen LogP contribution in [0.2, 0.25) is 0 Å². The van der Waals surface area contributed by atoms with Crippen LogP contribution in [0.25, 0.3) is 28.0 Å². The van der Waals surface area contributed by atoms with Gasteiger partial charge in [0.2, 0.25) is 0 Å². The van der Waals surface area contributed by atoms with Crippen molar-refractivity contribution >= 4 is 22.8 Å². The summed E-state index contributed by atoms with van der Waals surface area (Å²) < 4.78 is 22.6. The van der Waals surface area contributed by atoms with Crippen LogP contribution in [0.5, 0.6) is 0 Å². The van der Waals surface area contributed by atoms with Gasteiger partial charge in [0, 0.05) is 24.2 Å². The van der Waals surface area contributed by atoms with Gasteiger partial charge in [-0.3, -0.25) is 0 Å². The highest BCUT2D eigenvalue weighted by Gasteiger charge is 2.32. The van der Waals surface area contributed by atoms with Crippen molar-refractivity contribution in [2.75, 3.05) is 18.4 Å². The Labute approximate surface area is 179 Å². The number of hydrogen-bond acceptors (Lipinski definition) is 6. The number of imidazole rings is 1. The quantitative estimate of drug-likeness (QED) is 0.532. The normalized spacial score (nSPS) is 21.8. The Morgan fingerprint density at radius 2 is 2.03 bits per heavy atom. The molecule has 0 saturated carbocycles. The Kier molecular flexibility index (Phi) is 4.24. The van der Waals surface area contributed by atoms with Crippen molar-refractivity contribution < 1.29 is 8.81 Å². The van der Waals surface area contributed by atoms with Crippen LogP contribution in [0.1, 0.15) is 36.9 Å². The van der Waals surface area contributed by atoms with E-state index < -0.39 is 5.82 Å². The number of nitrogens with zero attached hydrogens (tertiary/aromatic N) is 5. The van der Waals surface area contributed by atoms with Crippen LogP contribution in [-0.2, 0) is 0 Å². The zero-order valence-corrected chi connectivity index (χ0v) is 17.7. The van der Waals surface area contributed by atoms with Crippen LogP contribution in [-0.4, -0.2) is 49.7 Å². The molecule has 1 aromatic carbocycles. The summed E-state index contributed by atoms with van der Waals surface area (Å²) in [6.45, 7) is 6.22. The first kappa shape index (κ1) is 18.7. The monoisotopic (exact) mass is 420 g/mol. The third-order valence-electron chi connectivity index (χ3n) is 6.62. The lowest BCUT2D eigenvalue weighted by Crippen LogP contribution is -2.42. The first-order valence-electron chi connectivity index (χ1n) is 11.0. The summed E-state index contributed by atoms with van der Waals surface area (Å²) in [7, 11) is 0. The number of aromatic nitrogens is 4. The van der Waals surface area contributed by atoms with Gasteiger partial charge in [-0.25, -0.2) is 13.9 Å². The number of benzene rings is 1. The molecule has 160 valence electrons. The number of nitrogens with one attached hydrogen (secondary N) is 1. The second-order valence-electron chi connectivity index (χ2n) is 8.88. The average Bonchev–Trinajstić information content (AvgIpc) is 3.45. The number of fused-ring (bicyclic) bond motifs is 3. The fraction of sp³-hybridized carbons (Fsp3) is 0.435. The first-order valence-corrected chi connectivity index (χ1v) is 11.0. The van der Waals surface area contributed by atoms with E-state index in [1.807, 2.05) is 32.2 Å². The lowest BCUT2D eigenvalue weighted by atomic mass is 9.98. The Morgan fingerprint density at radius 1 is 1.13 bits per heavy atom. The van der Waals surface area contributed by atoms with E-state index in [9.17, 15) is 4.39 Å².